The van der Waals surface area contributed by atoms with Crippen molar-refractivity contribution in [2.45, 2.75) is 20.4 Å². The van der Waals surface area contributed by atoms with Crippen LogP contribution < -0.4 is 0 Å². The molecule has 0 fully saturated rings. The number of halogens is 2. The lowest BCUT2D eigenvalue weighted by Gasteiger charge is -2.13. The molecule has 25 heavy (non-hydrogen) atoms. The van der Waals surface area contributed by atoms with Crippen LogP contribution in [0.2, 0.25) is 5.02 Å². The van der Waals surface area contributed by atoms with E-state index in [9.17, 15) is 9.60 Å². The molecule has 0 spiro atoms. The maximum absolute atomic E-state index is 14.0. The monoisotopic (exact) mass is 355 g/mol. The summed E-state index contributed by atoms with van der Waals surface area (Å²) >= 11 is 6.32. The number of aryl methyl sites for hydroxylation is 1. The van der Waals surface area contributed by atoms with Crippen LogP contribution in [0.3, 0.4) is 0 Å². The van der Waals surface area contributed by atoms with Crippen LogP contribution in [0.15, 0.2) is 42.5 Å². The number of rotatable bonds is 1. The third-order valence-corrected chi connectivity index (χ3v) is 4.86. The summed E-state index contributed by atoms with van der Waals surface area (Å²) in [6.45, 7) is 3.90. The highest BCUT2D eigenvalue weighted by Gasteiger charge is 2.30. The van der Waals surface area contributed by atoms with Crippen molar-refractivity contribution in [2.75, 3.05) is 0 Å². The maximum Gasteiger partial charge on any atom is 0.229 e. The largest absolute Gasteiger partial charge is 0.623 e. The molecule has 6 heteroatoms. The van der Waals surface area contributed by atoms with Gasteiger partial charge < -0.3 is 5.21 Å². The second-order valence-electron chi connectivity index (χ2n) is 6.06. The summed E-state index contributed by atoms with van der Waals surface area (Å²) in [5.41, 5.74) is 3.93. The molecule has 1 aliphatic heterocycles. The highest BCUT2D eigenvalue weighted by atomic mass is 35.5. The lowest BCUT2D eigenvalue weighted by molar-refractivity contribution is -0.475. The standard InChI is InChI=1S/C19H15ClFN3O/c1-11-12(2)24-17-8-7-13(21)9-15(17)19(23(25)10-18(24)22-11)14-5-3-4-6-16(14)20/h3-9H,10H2,1-2H3. The Balaban J connectivity index is 2.10. The fraction of sp³-hybridized carbons (Fsp3) is 0.158. The fourth-order valence-corrected chi connectivity index (χ4v) is 3.50. The Morgan fingerprint density at radius 3 is 2.68 bits per heavy atom. The maximum atomic E-state index is 14.0. The van der Waals surface area contributed by atoms with Crippen LogP contribution in [0.4, 0.5) is 4.39 Å². The normalized spacial score (nSPS) is 13.4. The van der Waals surface area contributed by atoms with Gasteiger partial charge in [0, 0.05) is 5.69 Å². The van der Waals surface area contributed by atoms with E-state index in [1.807, 2.05) is 18.4 Å². The van der Waals surface area contributed by atoms with Crippen molar-refractivity contribution < 1.29 is 9.13 Å². The summed E-state index contributed by atoms with van der Waals surface area (Å²) < 4.78 is 16.8. The third kappa shape index (κ3) is 2.43. The molecule has 4 rings (SSSR count). The van der Waals surface area contributed by atoms with Crippen LogP contribution in [0.25, 0.3) is 5.69 Å². The first-order valence-corrected chi connectivity index (χ1v) is 8.27. The molecule has 0 saturated carbocycles. The zero-order valence-electron chi connectivity index (χ0n) is 13.8. The summed E-state index contributed by atoms with van der Waals surface area (Å²) in [6, 6.07) is 11.5. The van der Waals surface area contributed by atoms with Gasteiger partial charge in [0.1, 0.15) is 5.82 Å². The van der Waals surface area contributed by atoms with Gasteiger partial charge in [0.2, 0.25) is 12.3 Å². The number of imidazole rings is 1. The Kier molecular flexibility index (Phi) is 3.62. The minimum Gasteiger partial charge on any atom is -0.623 e. The van der Waals surface area contributed by atoms with E-state index in [1.54, 1.807) is 30.3 Å². The van der Waals surface area contributed by atoms with Crippen molar-refractivity contribution in [3.05, 3.63) is 86.9 Å². The molecule has 0 saturated heterocycles. The lowest BCUT2D eigenvalue weighted by atomic mass is 10.00. The van der Waals surface area contributed by atoms with Gasteiger partial charge in [0.25, 0.3) is 0 Å². The summed E-state index contributed by atoms with van der Waals surface area (Å²) in [7, 11) is 0. The molecular weight excluding hydrogens is 341 g/mol. The number of aromatic nitrogens is 2. The molecule has 0 amide bonds. The van der Waals surface area contributed by atoms with Crippen molar-refractivity contribution in [1.82, 2.24) is 9.55 Å². The first-order chi connectivity index (χ1) is 12.0. The number of fused-ring (bicyclic) bond motifs is 3. The van der Waals surface area contributed by atoms with E-state index in [2.05, 4.69) is 4.98 Å². The van der Waals surface area contributed by atoms with Gasteiger partial charge in [-0.2, -0.15) is 4.74 Å². The molecule has 1 aliphatic rings. The lowest BCUT2D eigenvalue weighted by Crippen LogP contribution is -2.18. The van der Waals surface area contributed by atoms with E-state index >= 15 is 0 Å². The summed E-state index contributed by atoms with van der Waals surface area (Å²) in [5, 5.41) is 13.4. The van der Waals surface area contributed by atoms with E-state index in [1.165, 1.54) is 12.1 Å². The predicted octanol–water partition coefficient (Wildman–Crippen LogP) is 4.14. The van der Waals surface area contributed by atoms with Crippen molar-refractivity contribution in [2.24, 2.45) is 0 Å². The minimum atomic E-state index is -0.408. The Morgan fingerprint density at radius 2 is 1.92 bits per heavy atom. The van der Waals surface area contributed by atoms with E-state index in [0.717, 1.165) is 21.8 Å². The molecule has 0 N–H and O–H groups in total. The van der Waals surface area contributed by atoms with Crippen LogP contribution in [0.5, 0.6) is 0 Å². The molecule has 0 bridgehead atoms. The Hall–Kier alpha value is -2.66. The molecule has 126 valence electrons. The topological polar surface area (TPSA) is 43.9 Å². The van der Waals surface area contributed by atoms with Crippen LogP contribution >= 0.6 is 11.6 Å². The Labute approximate surface area is 149 Å². The molecule has 0 aliphatic carbocycles. The van der Waals surface area contributed by atoms with Gasteiger partial charge in [0.15, 0.2) is 5.82 Å². The zero-order chi connectivity index (χ0) is 17.7. The molecule has 0 radical (unpaired) electrons. The molecular formula is C19H15ClFN3O. The summed E-state index contributed by atoms with van der Waals surface area (Å²) in [4.78, 5) is 4.51. The average molecular weight is 356 g/mol. The van der Waals surface area contributed by atoms with E-state index < -0.39 is 5.82 Å². The first kappa shape index (κ1) is 15.8. The fourth-order valence-electron chi connectivity index (χ4n) is 3.27. The summed E-state index contributed by atoms with van der Waals surface area (Å²) in [5.74, 6) is 0.217. The number of benzene rings is 2. The van der Waals surface area contributed by atoms with Crippen LogP contribution in [-0.4, -0.2) is 20.0 Å². The summed E-state index contributed by atoms with van der Waals surface area (Å²) in [6.07, 6.45) is 0. The van der Waals surface area contributed by atoms with Gasteiger partial charge in [-0.05, 0) is 44.2 Å². The molecule has 1 aromatic heterocycles. The predicted molar refractivity (Wildman–Crippen MR) is 95.0 cm³/mol. The molecule has 0 atom stereocenters. The molecule has 3 aromatic rings. The van der Waals surface area contributed by atoms with Crippen molar-refractivity contribution in [3.63, 3.8) is 0 Å². The Morgan fingerprint density at radius 1 is 1.16 bits per heavy atom. The third-order valence-electron chi connectivity index (χ3n) is 4.53. The van der Waals surface area contributed by atoms with Crippen LogP contribution in [0.1, 0.15) is 28.3 Å². The quantitative estimate of drug-likeness (QED) is 0.486. The number of hydrogen-bond donors (Lipinski definition) is 0. The van der Waals surface area contributed by atoms with E-state index in [-0.39, 0.29) is 6.54 Å². The van der Waals surface area contributed by atoms with Gasteiger partial charge in [-0.1, -0.05) is 23.7 Å². The first-order valence-electron chi connectivity index (χ1n) is 7.89. The zero-order valence-corrected chi connectivity index (χ0v) is 14.5. The van der Waals surface area contributed by atoms with Gasteiger partial charge in [0.05, 0.1) is 27.5 Å². The van der Waals surface area contributed by atoms with Gasteiger partial charge in [-0.25, -0.2) is 9.37 Å². The van der Waals surface area contributed by atoms with E-state index in [4.69, 9.17) is 11.6 Å². The van der Waals surface area contributed by atoms with Crippen molar-refractivity contribution in [1.29, 1.82) is 0 Å². The van der Waals surface area contributed by atoms with Crippen molar-refractivity contribution in [3.8, 4) is 5.69 Å². The highest BCUT2D eigenvalue weighted by Crippen LogP contribution is 2.29. The van der Waals surface area contributed by atoms with Gasteiger partial charge in [-0.15, -0.1) is 0 Å². The van der Waals surface area contributed by atoms with Crippen molar-refractivity contribution >= 4 is 17.3 Å². The van der Waals surface area contributed by atoms with E-state index in [0.29, 0.717) is 27.7 Å². The Bertz CT molecular complexity index is 1040. The molecule has 2 aromatic carbocycles. The molecule has 4 nitrogen and oxygen atoms in total. The second kappa shape index (κ2) is 5.70. The number of hydrogen-bond acceptors (Lipinski definition) is 2. The van der Waals surface area contributed by atoms with Gasteiger partial charge in [-0.3, -0.25) is 4.57 Å². The second-order valence-corrected chi connectivity index (χ2v) is 6.47. The van der Waals surface area contributed by atoms with Crippen LogP contribution in [0, 0.1) is 24.9 Å². The number of hydroxylamine groups is 1. The smallest absolute Gasteiger partial charge is 0.229 e. The number of nitrogens with zero attached hydrogens (tertiary/aromatic N) is 3. The average Bonchev–Trinajstić information content (AvgIpc) is 2.78. The van der Waals surface area contributed by atoms with Crippen LogP contribution in [-0.2, 0) is 6.54 Å². The van der Waals surface area contributed by atoms with Gasteiger partial charge >= 0.3 is 0 Å². The molecule has 0 unspecified atom stereocenters. The molecule has 2 heterocycles. The minimum absolute atomic E-state index is 0.0610. The highest BCUT2D eigenvalue weighted by molar-refractivity contribution is 6.35. The SMILES string of the molecule is Cc1nc2n(c1C)-c1ccc(F)cc1C(c1ccccc1Cl)=[N+]([O-])C2.